The highest BCUT2D eigenvalue weighted by Gasteiger charge is 2.25. The van der Waals surface area contributed by atoms with Crippen LogP contribution >= 0.6 is 0 Å². The van der Waals surface area contributed by atoms with Gasteiger partial charge in [-0.05, 0) is 47.2 Å². The molecular weight excluding hydrogens is 446 g/mol. The molecular formula is C20H25N9O5. The van der Waals surface area contributed by atoms with E-state index in [9.17, 15) is 9.59 Å². The summed E-state index contributed by atoms with van der Waals surface area (Å²) in [6, 6.07) is 4.81. The molecule has 0 fully saturated rings. The molecule has 2 heterocycles. The van der Waals surface area contributed by atoms with Crippen molar-refractivity contribution < 1.29 is 23.7 Å². The summed E-state index contributed by atoms with van der Waals surface area (Å²) in [6.45, 7) is 7.17. The second kappa shape index (κ2) is 11.0. The lowest BCUT2D eigenvalue weighted by molar-refractivity contribution is -0.132. The zero-order valence-corrected chi connectivity index (χ0v) is 19.2. The fraction of sp³-hybridized carbons (Fsp3) is 0.350. The maximum Gasteiger partial charge on any atom is 0.308 e. The average molecular weight is 471 g/mol. The number of nitrogen functional groups attached to an aromatic ring is 1. The number of aromatic nitrogens is 5. The Balaban J connectivity index is 1.85. The molecule has 34 heavy (non-hydrogen) atoms. The number of ether oxygens (including phenoxy) is 2. The summed E-state index contributed by atoms with van der Waals surface area (Å²) in [4.78, 5) is 26.3. The van der Waals surface area contributed by atoms with Crippen LogP contribution in [0, 0.1) is 0 Å². The lowest BCUT2D eigenvalue weighted by Crippen LogP contribution is -2.27. The number of anilines is 1. The first-order valence-corrected chi connectivity index (χ1v) is 10.3. The van der Waals surface area contributed by atoms with E-state index in [0.29, 0.717) is 23.6 Å². The standard InChI is InChI=1S/C20H25N9O5/c1-5-28(6-2)11-14-17(29(27-23-14)19-18(21)25-34-26-19)20(31)24-22-10-13-7-8-15(33-12(3)30)16(9-13)32-4/h7-10H,5-6,11H2,1-4H3,(H2,21,25)(H,24,31)/b22-10-. The number of esters is 1. The molecule has 180 valence electrons. The van der Waals surface area contributed by atoms with Crippen LogP contribution in [0.5, 0.6) is 11.5 Å². The highest BCUT2D eigenvalue weighted by molar-refractivity contribution is 5.95. The van der Waals surface area contributed by atoms with Gasteiger partial charge >= 0.3 is 5.97 Å². The minimum absolute atomic E-state index is 0.0400. The number of amides is 1. The third-order valence-corrected chi connectivity index (χ3v) is 4.74. The number of hydrogen-bond acceptors (Lipinski definition) is 12. The largest absolute Gasteiger partial charge is 0.493 e. The van der Waals surface area contributed by atoms with E-state index in [0.717, 1.165) is 17.8 Å². The van der Waals surface area contributed by atoms with Gasteiger partial charge in [0.2, 0.25) is 11.6 Å². The first-order chi connectivity index (χ1) is 16.4. The number of methoxy groups -OCH3 is 1. The number of nitrogens with zero attached hydrogens (tertiary/aromatic N) is 7. The summed E-state index contributed by atoms with van der Waals surface area (Å²) < 4.78 is 16.1. The molecule has 0 aliphatic rings. The van der Waals surface area contributed by atoms with Crippen LogP contribution in [0.3, 0.4) is 0 Å². The van der Waals surface area contributed by atoms with E-state index in [4.69, 9.17) is 15.2 Å². The smallest absolute Gasteiger partial charge is 0.308 e. The molecule has 14 heteroatoms. The SMILES string of the molecule is CCN(CC)Cc1nnn(-c2nonc2N)c1C(=O)N/N=C\c1ccc(OC(C)=O)c(OC)c1. The van der Waals surface area contributed by atoms with Crippen molar-refractivity contribution in [3.8, 4) is 17.3 Å². The Kier molecular flexibility index (Phi) is 7.87. The third-order valence-electron chi connectivity index (χ3n) is 4.74. The summed E-state index contributed by atoms with van der Waals surface area (Å²) in [5, 5.41) is 19.4. The Morgan fingerprint density at radius 1 is 1.26 bits per heavy atom. The predicted octanol–water partition coefficient (Wildman–Crippen LogP) is 0.772. The maximum absolute atomic E-state index is 13.1. The van der Waals surface area contributed by atoms with Gasteiger partial charge in [-0.25, -0.2) is 10.1 Å². The fourth-order valence-corrected chi connectivity index (χ4v) is 3.01. The van der Waals surface area contributed by atoms with E-state index in [1.165, 1.54) is 20.2 Å². The van der Waals surface area contributed by atoms with Gasteiger partial charge in [-0.3, -0.25) is 14.5 Å². The molecule has 14 nitrogen and oxygen atoms in total. The number of hydrazone groups is 1. The normalized spacial score (nSPS) is 11.2. The lowest BCUT2D eigenvalue weighted by Gasteiger charge is -2.16. The van der Waals surface area contributed by atoms with Crippen molar-refractivity contribution in [1.29, 1.82) is 0 Å². The van der Waals surface area contributed by atoms with Crippen LogP contribution in [0.2, 0.25) is 0 Å². The van der Waals surface area contributed by atoms with E-state index < -0.39 is 11.9 Å². The van der Waals surface area contributed by atoms with Crippen LogP contribution in [0.4, 0.5) is 5.82 Å². The number of benzene rings is 1. The molecule has 0 radical (unpaired) electrons. The number of nitrogens with one attached hydrogen (secondary N) is 1. The van der Waals surface area contributed by atoms with Gasteiger partial charge in [0.25, 0.3) is 5.91 Å². The zero-order valence-electron chi connectivity index (χ0n) is 19.2. The lowest BCUT2D eigenvalue weighted by atomic mass is 10.2. The van der Waals surface area contributed by atoms with Crippen LogP contribution < -0.4 is 20.6 Å². The summed E-state index contributed by atoms with van der Waals surface area (Å²) in [7, 11) is 1.45. The van der Waals surface area contributed by atoms with Crippen molar-refractivity contribution in [3.05, 3.63) is 35.2 Å². The van der Waals surface area contributed by atoms with Crippen molar-refractivity contribution in [2.45, 2.75) is 27.3 Å². The van der Waals surface area contributed by atoms with E-state index in [2.05, 4.69) is 40.7 Å². The fourth-order valence-electron chi connectivity index (χ4n) is 3.01. The summed E-state index contributed by atoms with van der Waals surface area (Å²) in [5.41, 5.74) is 9.33. The molecule has 1 aromatic carbocycles. The van der Waals surface area contributed by atoms with Gasteiger partial charge in [0.1, 0.15) is 5.69 Å². The van der Waals surface area contributed by atoms with Gasteiger partial charge in [0.05, 0.1) is 13.3 Å². The minimum Gasteiger partial charge on any atom is -0.493 e. The molecule has 1 amide bonds. The first kappa shape index (κ1) is 24.3. The molecule has 0 aliphatic heterocycles. The zero-order chi connectivity index (χ0) is 24.7. The van der Waals surface area contributed by atoms with Gasteiger partial charge in [0.15, 0.2) is 17.2 Å². The minimum atomic E-state index is -0.589. The van der Waals surface area contributed by atoms with Crippen molar-refractivity contribution in [3.63, 3.8) is 0 Å². The number of hydrogen-bond donors (Lipinski definition) is 2. The molecule has 2 aromatic heterocycles. The predicted molar refractivity (Wildman–Crippen MR) is 120 cm³/mol. The van der Waals surface area contributed by atoms with Gasteiger partial charge in [-0.1, -0.05) is 19.1 Å². The maximum atomic E-state index is 13.1. The third kappa shape index (κ3) is 5.53. The van der Waals surface area contributed by atoms with Crippen LogP contribution in [-0.2, 0) is 11.3 Å². The molecule has 3 rings (SSSR count). The molecule has 0 bridgehead atoms. The Morgan fingerprint density at radius 2 is 2.03 bits per heavy atom. The number of nitrogens with two attached hydrogens (primary N) is 1. The molecule has 3 aromatic rings. The molecule has 0 saturated carbocycles. The highest BCUT2D eigenvalue weighted by atomic mass is 16.6. The van der Waals surface area contributed by atoms with Crippen molar-refractivity contribution in [1.82, 2.24) is 35.6 Å². The molecule has 0 unspecified atom stereocenters. The Labute approximate surface area is 194 Å². The van der Waals surface area contributed by atoms with E-state index in [1.54, 1.807) is 18.2 Å². The van der Waals surface area contributed by atoms with Crippen LogP contribution in [0.25, 0.3) is 5.82 Å². The molecule has 3 N–H and O–H groups in total. The second-order valence-corrected chi connectivity index (χ2v) is 6.93. The summed E-state index contributed by atoms with van der Waals surface area (Å²) in [6.07, 6.45) is 1.40. The van der Waals surface area contributed by atoms with E-state index in [-0.39, 0.29) is 23.1 Å². The van der Waals surface area contributed by atoms with E-state index in [1.807, 2.05) is 13.8 Å². The van der Waals surface area contributed by atoms with Crippen LogP contribution in [0.1, 0.15) is 42.5 Å². The van der Waals surface area contributed by atoms with Gasteiger partial charge < -0.3 is 15.2 Å². The Hall–Kier alpha value is -4.33. The number of carbonyl (C=O) groups excluding carboxylic acids is 2. The van der Waals surface area contributed by atoms with Crippen molar-refractivity contribution in [2.75, 3.05) is 25.9 Å². The summed E-state index contributed by atoms with van der Waals surface area (Å²) >= 11 is 0. The molecule has 0 saturated heterocycles. The van der Waals surface area contributed by atoms with Gasteiger partial charge in [0, 0.05) is 13.5 Å². The average Bonchev–Trinajstić information content (AvgIpc) is 3.43. The Morgan fingerprint density at radius 3 is 2.65 bits per heavy atom. The quantitative estimate of drug-likeness (QED) is 0.185. The number of rotatable bonds is 10. The second-order valence-electron chi connectivity index (χ2n) is 6.93. The highest BCUT2D eigenvalue weighted by Crippen LogP contribution is 2.27. The van der Waals surface area contributed by atoms with Gasteiger partial charge in [-0.2, -0.15) is 9.78 Å². The van der Waals surface area contributed by atoms with E-state index >= 15 is 0 Å². The Bertz CT molecular complexity index is 1180. The monoisotopic (exact) mass is 471 g/mol. The molecule has 0 aliphatic carbocycles. The van der Waals surface area contributed by atoms with Gasteiger partial charge in [-0.15, -0.1) is 5.10 Å². The molecule has 0 spiro atoms. The van der Waals surface area contributed by atoms with Crippen LogP contribution in [0.15, 0.2) is 27.9 Å². The first-order valence-electron chi connectivity index (χ1n) is 10.3. The van der Waals surface area contributed by atoms with Crippen molar-refractivity contribution >= 4 is 23.9 Å². The van der Waals surface area contributed by atoms with Crippen LogP contribution in [-0.4, -0.2) is 68.5 Å². The number of carbonyl (C=O) groups is 2. The topological polar surface area (TPSA) is 176 Å². The molecule has 0 atom stereocenters. The van der Waals surface area contributed by atoms with Crippen molar-refractivity contribution in [2.24, 2.45) is 5.10 Å². The summed E-state index contributed by atoms with van der Waals surface area (Å²) in [5.74, 6) is -0.459.